The first-order chi connectivity index (χ1) is 11.1. The van der Waals surface area contributed by atoms with Crippen molar-refractivity contribution in [2.45, 2.75) is 25.1 Å². The molecule has 1 aromatic carbocycles. The molecule has 1 aliphatic carbocycles. The van der Waals surface area contributed by atoms with E-state index in [4.69, 9.17) is 0 Å². The second-order valence-electron chi connectivity index (χ2n) is 6.10. The number of rotatable bonds is 6. The number of halogens is 3. The van der Waals surface area contributed by atoms with Crippen molar-refractivity contribution >= 4 is 18.3 Å². The molecule has 4 unspecified atom stereocenters. The number of carbonyl (C=O) groups is 1. The van der Waals surface area contributed by atoms with Gasteiger partial charge in [0.05, 0.1) is 6.10 Å². The molecular weight excluding hydrogens is 342 g/mol. The van der Waals surface area contributed by atoms with Crippen molar-refractivity contribution < 1.29 is 23.4 Å². The predicted molar refractivity (Wildman–Crippen MR) is 86.5 cm³/mol. The van der Waals surface area contributed by atoms with Gasteiger partial charge in [0.25, 0.3) is 0 Å². The molecule has 3 N–H and O–H groups in total. The first-order valence-electron chi connectivity index (χ1n) is 7.76. The fraction of sp³-hybridized carbons (Fsp3) is 0.562. The van der Waals surface area contributed by atoms with Crippen molar-refractivity contribution in [2.75, 3.05) is 19.6 Å². The van der Waals surface area contributed by atoms with Crippen LogP contribution in [-0.4, -0.2) is 43.4 Å². The third kappa shape index (κ3) is 4.34. The number of aliphatic hydroxyl groups is 1. The normalized spacial score (nSPS) is 28.3. The molecule has 3 rings (SSSR count). The Bertz CT molecular complexity index is 576. The molecule has 4 atom stereocenters. The summed E-state index contributed by atoms with van der Waals surface area (Å²) in [6.07, 6.45) is 0.187. The van der Waals surface area contributed by atoms with Crippen LogP contribution < -0.4 is 15.4 Å². The molecule has 0 bridgehead atoms. The molecule has 1 heterocycles. The highest BCUT2D eigenvalue weighted by Gasteiger charge is 2.45. The molecule has 1 amide bonds. The van der Waals surface area contributed by atoms with Crippen molar-refractivity contribution in [3.63, 3.8) is 0 Å². The monoisotopic (exact) mass is 362 g/mol. The summed E-state index contributed by atoms with van der Waals surface area (Å²) < 4.78 is 29.4. The van der Waals surface area contributed by atoms with E-state index in [0.29, 0.717) is 31.6 Å². The van der Waals surface area contributed by atoms with Gasteiger partial charge in [0.2, 0.25) is 5.91 Å². The van der Waals surface area contributed by atoms with Gasteiger partial charge in [-0.3, -0.25) is 4.79 Å². The molecule has 8 heteroatoms. The van der Waals surface area contributed by atoms with Gasteiger partial charge in [0.1, 0.15) is 5.75 Å². The Hall–Kier alpha value is -1.44. The van der Waals surface area contributed by atoms with E-state index in [1.54, 1.807) is 18.2 Å². The number of hydrogen-bond donors (Lipinski definition) is 3. The number of ether oxygens (including phenoxy) is 1. The number of amides is 1. The van der Waals surface area contributed by atoms with Crippen molar-refractivity contribution in [3.8, 4) is 5.75 Å². The lowest BCUT2D eigenvalue weighted by Gasteiger charge is -2.14. The highest BCUT2D eigenvalue weighted by molar-refractivity contribution is 5.85. The van der Waals surface area contributed by atoms with Gasteiger partial charge < -0.3 is 20.5 Å². The van der Waals surface area contributed by atoms with E-state index in [1.807, 2.05) is 0 Å². The Labute approximate surface area is 145 Å². The number of aliphatic hydroxyl groups excluding tert-OH is 1. The van der Waals surface area contributed by atoms with Crippen LogP contribution >= 0.6 is 12.4 Å². The lowest BCUT2D eigenvalue weighted by atomic mass is 10.1. The van der Waals surface area contributed by atoms with E-state index in [-0.39, 0.29) is 41.8 Å². The van der Waals surface area contributed by atoms with Crippen molar-refractivity contribution in [1.29, 1.82) is 0 Å². The molecule has 1 aliphatic heterocycles. The van der Waals surface area contributed by atoms with E-state index in [0.717, 1.165) is 0 Å². The zero-order valence-electron chi connectivity index (χ0n) is 13.0. The average molecular weight is 363 g/mol. The molecule has 1 saturated heterocycles. The molecule has 1 aromatic rings. The summed E-state index contributed by atoms with van der Waals surface area (Å²) in [6, 6.07) is 6.60. The highest BCUT2D eigenvalue weighted by atomic mass is 35.5. The smallest absolute Gasteiger partial charge is 0.387 e. The van der Waals surface area contributed by atoms with Gasteiger partial charge in [-0.25, -0.2) is 0 Å². The molecule has 24 heavy (non-hydrogen) atoms. The first kappa shape index (κ1) is 18.9. The van der Waals surface area contributed by atoms with Gasteiger partial charge in [-0.1, -0.05) is 18.2 Å². The summed E-state index contributed by atoms with van der Waals surface area (Å²) in [4.78, 5) is 12.2. The summed E-state index contributed by atoms with van der Waals surface area (Å²) in [5.74, 6) is -0.245. The minimum Gasteiger partial charge on any atom is -0.435 e. The zero-order valence-corrected chi connectivity index (χ0v) is 13.8. The molecule has 134 valence electrons. The minimum atomic E-state index is -2.88. The lowest BCUT2D eigenvalue weighted by molar-refractivity contribution is -0.122. The molecule has 5 nitrogen and oxygen atoms in total. The molecule has 0 radical (unpaired) electrons. The van der Waals surface area contributed by atoms with Gasteiger partial charge in [0.15, 0.2) is 0 Å². The van der Waals surface area contributed by atoms with E-state index in [2.05, 4.69) is 15.4 Å². The largest absolute Gasteiger partial charge is 0.435 e. The number of nitrogens with one attached hydrogen (secondary N) is 2. The number of carbonyl (C=O) groups excluding carboxylic acids is 1. The van der Waals surface area contributed by atoms with Crippen LogP contribution in [-0.2, 0) is 4.79 Å². The maximum absolute atomic E-state index is 12.4. The van der Waals surface area contributed by atoms with Crippen molar-refractivity contribution in [2.24, 2.45) is 11.8 Å². The summed E-state index contributed by atoms with van der Waals surface area (Å²) in [7, 11) is 0. The van der Waals surface area contributed by atoms with Crippen LogP contribution in [0.15, 0.2) is 24.3 Å². The molecule has 0 spiro atoms. The topological polar surface area (TPSA) is 70.6 Å². The summed E-state index contributed by atoms with van der Waals surface area (Å²) in [6.45, 7) is -1.23. The molecule has 1 saturated carbocycles. The zero-order chi connectivity index (χ0) is 16.4. The fourth-order valence-electron chi connectivity index (χ4n) is 3.11. The Morgan fingerprint density at radius 1 is 1.38 bits per heavy atom. The van der Waals surface area contributed by atoms with Crippen LogP contribution in [0.25, 0.3) is 0 Å². The third-order valence-electron chi connectivity index (χ3n) is 4.50. The number of hydrogen-bond acceptors (Lipinski definition) is 4. The van der Waals surface area contributed by atoms with Crippen LogP contribution in [0.5, 0.6) is 5.75 Å². The molecular formula is C16H21ClF2N2O3. The van der Waals surface area contributed by atoms with E-state index in [1.165, 1.54) is 6.07 Å². The lowest BCUT2D eigenvalue weighted by Crippen LogP contribution is -2.35. The van der Waals surface area contributed by atoms with Crippen LogP contribution in [0.1, 0.15) is 17.9 Å². The Balaban J connectivity index is 0.00000208. The number of benzene rings is 1. The van der Waals surface area contributed by atoms with Gasteiger partial charge in [-0.05, 0) is 24.0 Å². The van der Waals surface area contributed by atoms with Gasteiger partial charge in [-0.15, -0.1) is 12.4 Å². The summed E-state index contributed by atoms with van der Waals surface area (Å²) >= 11 is 0. The SMILES string of the molecule is Cl.O=C(NCC1CNCC1O)C1CC1c1ccccc1OC(F)F. The van der Waals surface area contributed by atoms with E-state index >= 15 is 0 Å². The quantitative estimate of drug-likeness (QED) is 0.717. The molecule has 2 fully saturated rings. The predicted octanol–water partition coefficient (Wildman–Crippen LogP) is 1.51. The van der Waals surface area contributed by atoms with Gasteiger partial charge in [0, 0.05) is 31.5 Å². The number of para-hydroxylation sites is 1. The first-order valence-corrected chi connectivity index (χ1v) is 7.76. The standard InChI is InChI=1S/C16H20F2N2O3.ClH/c17-16(18)23-14-4-2-1-3-10(14)11-5-12(11)15(22)20-7-9-6-19-8-13(9)21;/h1-4,9,11-13,16,19,21H,5-8H2,(H,20,22);1H. The average Bonchev–Trinajstić information content (AvgIpc) is 3.21. The Morgan fingerprint density at radius 2 is 2.12 bits per heavy atom. The van der Waals surface area contributed by atoms with Crippen LogP contribution in [0.4, 0.5) is 8.78 Å². The van der Waals surface area contributed by atoms with Crippen LogP contribution in [0.2, 0.25) is 0 Å². The van der Waals surface area contributed by atoms with Crippen molar-refractivity contribution in [1.82, 2.24) is 10.6 Å². The summed E-state index contributed by atoms with van der Waals surface area (Å²) in [5, 5.41) is 15.6. The molecule has 0 aromatic heterocycles. The third-order valence-corrected chi connectivity index (χ3v) is 4.50. The fourth-order valence-corrected chi connectivity index (χ4v) is 3.11. The number of β-amino-alcohol motifs (C(OH)–C–C–N with tert-alkyl or cyclic N) is 1. The summed E-state index contributed by atoms with van der Waals surface area (Å²) in [5.41, 5.74) is 0.649. The van der Waals surface area contributed by atoms with Gasteiger partial charge in [-0.2, -0.15) is 8.78 Å². The molecule has 2 aliphatic rings. The van der Waals surface area contributed by atoms with E-state index < -0.39 is 12.7 Å². The van der Waals surface area contributed by atoms with Gasteiger partial charge >= 0.3 is 6.61 Å². The maximum atomic E-state index is 12.4. The second-order valence-corrected chi connectivity index (χ2v) is 6.10. The second kappa shape index (κ2) is 8.09. The van der Waals surface area contributed by atoms with E-state index in [9.17, 15) is 18.7 Å². The van der Waals surface area contributed by atoms with Crippen LogP contribution in [0, 0.1) is 11.8 Å². The van der Waals surface area contributed by atoms with Crippen LogP contribution in [0.3, 0.4) is 0 Å². The Morgan fingerprint density at radius 3 is 2.79 bits per heavy atom. The highest BCUT2D eigenvalue weighted by Crippen LogP contribution is 2.50. The Kier molecular flexibility index (Phi) is 6.37. The minimum absolute atomic E-state index is 0. The number of alkyl halides is 2. The van der Waals surface area contributed by atoms with Crippen molar-refractivity contribution in [3.05, 3.63) is 29.8 Å². The maximum Gasteiger partial charge on any atom is 0.387 e.